The van der Waals surface area contributed by atoms with Gasteiger partial charge in [0.05, 0.1) is 19.1 Å². The Morgan fingerprint density at radius 3 is 2.61 bits per heavy atom. The molecule has 2 rings (SSSR count). The molecule has 2 fully saturated rings. The molecule has 0 aromatic carbocycles. The predicted octanol–water partition coefficient (Wildman–Crippen LogP) is -0.371. The van der Waals surface area contributed by atoms with E-state index in [9.17, 15) is 4.79 Å². The fourth-order valence-electron chi connectivity index (χ4n) is 3.12. The Labute approximate surface area is 109 Å². The Bertz CT molecular complexity index is 309. The Balaban J connectivity index is 1.98. The Morgan fingerprint density at radius 1 is 1.33 bits per heavy atom. The number of rotatable bonds is 3. The van der Waals surface area contributed by atoms with Crippen LogP contribution in [0.25, 0.3) is 0 Å². The summed E-state index contributed by atoms with van der Waals surface area (Å²) in [5.41, 5.74) is 0. The van der Waals surface area contributed by atoms with Crippen LogP contribution in [0.2, 0.25) is 0 Å². The second kappa shape index (κ2) is 5.55. The number of nitrogens with zero attached hydrogens (tertiary/aromatic N) is 2. The minimum atomic E-state index is -0.0110. The first kappa shape index (κ1) is 13.8. The number of ether oxygens (including phenoxy) is 1. The van der Waals surface area contributed by atoms with Gasteiger partial charge in [-0.15, -0.1) is 0 Å². The van der Waals surface area contributed by atoms with Crippen LogP contribution in [0.3, 0.4) is 0 Å². The number of hydrogen-bond donors (Lipinski definition) is 1. The summed E-state index contributed by atoms with van der Waals surface area (Å²) in [6.45, 7) is 5.14. The van der Waals surface area contributed by atoms with Gasteiger partial charge >= 0.3 is 0 Å². The van der Waals surface area contributed by atoms with Crippen molar-refractivity contribution in [2.75, 3.05) is 47.4 Å². The molecule has 5 heteroatoms. The SMILES string of the molecule is CNC1COCC1C(=O)N1CC(C)C(N(C)C)C1. The topological polar surface area (TPSA) is 44.8 Å². The molecule has 2 aliphatic heterocycles. The van der Waals surface area contributed by atoms with E-state index in [4.69, 9.17) is 4.74 Å². The Morgan fingerprint density at radius 2 is 2.06 bits per heavy atom. The highest BCUT2D eigenvalue weighted by Gasteiger charge is 2.40. The number of amides is 1. The molecule has 0 spiro atoms. The summed E-state index contributed by atoms with van der Waals surface area (Å²) in [6.07, 6.45) is 0. The van der Waals surface area contributed by atoms with Crippen LogP contribution in [0, 0.1) is 11.8 Å². The summed E-state index contributed by atoms with van der Waals surface area (Å²) in [5, 5.41) is 3.18. The molecule has 4 unspecified atom stereocenters. The molecule has 5 nitrogen and oxygen atoms in total. The summed E-state index contributed by atoms with van der Waals surface area (Å²) >= 11 is 0. The van der Waals surface area contributed by atoms with Gasteiger partial charge < -0.3 is 19.9 Å². The fraction of sp³-hybridized carbons (Fsp3) is 0.923. The number of nitrogens with one attached hydrogen (secondary N) is 1. The van der Waals surface area contributed by atoms with Crippen LogP contribution in [0.1, 0.15) is 6.92 Å². The first-order valence-corrected chi connectivity index (χ1v) is 6.74. The molecule has 0 radical (unpaired) electrons. The van der Waals surface area contributed by atoms with Crippen molar-refractivity contribution < 1.29 is 9.53 Å². The normalized spacial score (nSPS) is 36.6. The van der Waals surface area contributed by atoms with Crippen LogP contribution < -0.4 is 5.32 Å². The highest BCUT2D eigenvalue weighted by atomic mass is 16.5. The van der Waals surface area contributed by atoms with Gasteiger partial charge in [0, 0.05) is 25.2 Å². The lowest BCUT2D eigenvalue weighted by Gasteiger charge is -2.24. The maximum atomic E-state index is 12.5. The van der Waals surface area contributed by atoms with Crippen molar-refractivity contribution in [2.24, 2.45) is 11.8 Å². The van der Waals surface area contributed by atoms with E-state index in [-0.39, 0.29) is 17.9 Å². The Kier molecular flexibility index (Phi) is 4.25. The van der Waals surface area contributed by atoms with Crippen molar-refractivity contribution in [1.29, 1.82) is 0 Å². The molecule has 104 valence electrons. The Hall–Kier alpha value is -0.650. The third-order valence-electron chi connectivity index (χ3n) is 4.32. The third kappa shape index (κ3) is 2.53. The van der Waals surface area contributed by atoms with Gasteiger partial charge in [0.25, 0.3) is 0 Å². The van der Waals surface area contributed by atoms with E-state index in [2.05, 4.69) is 31.2 Å². The molecule has 1 amide bonds. The predicted molar refractivity (Wildman–Crippen MR) is 70.4 cm³/mol. The lowest BCUT2D eigenvalue weighted by atomic mass is 10.0. The zero-order valence-electron chi connectivity index (χ0n) is 11.8. The lowest BCUT2D eigenvalue weighted by molar-refractivity contribution is -0.135. The highest BCUT2D eigenvalue weighted by molar-refractivity contribution is 5.80. The summed E-state index contributed by atoms with van der Waals surface area (Å²) < 4.78 is 5.42. The average Bonchev–Trinajstić information content (AvgIpc) is 2.93. The van der Waals surface area contributed by atoms with Crippen molar-refractivity contribution in [3.63, 3.8) is 0 Å². The molecular weight excluding hydrogens is 230 g/mol. The van der Waals surface area contributed by atoms with E-state index < -0.39 is 0 Å². The molecule has 18 heavy (non-hydrogen) atoms. The molecule has 1 N–H and O–H groups in total. The summed E-state index contributed by atoms with van der Waals surface area (Å²) in [5.74, 6) is 0.783. The second-order valence-corrected chi connectivity index (χ2v) is 5.79. The molecule has 0 aromatic heterocycles. The number of hydrogen-bond acceptors (Lipinski definition) is 4. The van der Waals surface area contributed by atoms with Gasteiger partial charge in [-0.3, -0.25) is 4.79 Å². The van der Waals surface area contributed by atoms with Gasteiger partial charge in [-0.05, 0) is 27.1 Å². The highest BCUT2D eigenvalue weighted by Crippen LogP contribution is 2.24. The zero-order valence-corrected chi connectivity index (χ0v) is 11.8. The number of carbonyl (C=O) groups excluding carboxylic acids is 1. The van der Waals surface area contributed by atoms with E-state index in [0.717, 1.165) is 13.1 Å². The molecule has 0 aliphatic carbocycles. The van der Waals surface area contributed by atoms with E-state index in [1.165, 1.54) is 0 Å². The van der Waals surface area contributed by atoms with Gasteiger partial charge in [-0.25, -0.2) is 0 Å². The quantitative estimate of drug-likeness (QED) is 0.747. The van der Waals surface area contributed by atoms with Gasteiger partial charge in [0.15, 0.2) is 0 Å². The van der Waals surface area contributed by atoms with Crippen LogP contribution >= 0.6 is 0 Å². The summed E-state index contributed by atoms with van der Waals surface area (Å²) in [4.78, 5) is 16.8. The maximum Gasteiger partial charge on any atom is 0.229 e. The number of likely N-dealkylation sites (tertiary alicyclic amines) is 1. The van der Waals surface area contributed by atoms with Crippen molar-refractivity contribution >= 4 is 5.91 Å². The van der Waals surface area contributed by atoms with Crippen LogP contribution in [0.15, 0.2) is 0 Å². The monoisotopic (exact) mass is 255 g/mol. The smallest absolute Gasteiger partial charge is 0.229 e. The summed E-state index contributed by atoms with van der Waals surface area (Å²) in [7, 11) is 6.07. The standard InChI is InChI=1S/C13H25N3O2/c1-9-5-16(6-12(9)15(3)4)13(17)10-7-18-8-11(10)14-2/h9-12,14H,5-8H2,1-4H3. The molecular formula is C13H25N3O2. The van der Waals surface area contributed by atoms with Gasteiger partial charge in [0.2, 0.25) is 5.91 Å². The molecule has 0 bridgehead atoms. The van der Waals surface area contributed by atoms with Crippen LogP contribution in [-0.2, 0) is 9.53 Å². The first-order chi connectivity index (χ1) is 8.54. The molecule has 0 aromatic rings. The van der Waals surface area contributed by atoms with Gasteiger partial charge in [0.1, 0.15) is 0 Å². The van der Waals surface area contributed by atoms with Crippen LogP contribution in [-0.4, -0.2) is 75.2 Å². The van der Waals surface area contributed by atoms with Gasteiger partial charge in [-0.1, -0.05) is 6.92 Å². The maximum absolute atomic E-state index is 12.5. The van der Waals surface area contributed by atoms with Gasteiger partial charge in [-0.2, -0.15) is 0 Å². The first-order valence-electron chi connectivity index (χ1n) is 6.74. The summed E-state index contributed by atoms with van der Waals surface area (Å²) in [6, 6.07) is 0.649. The molecule has 2 aliphatic rings. The minimum Gasteiger partial charge on any atom is -0.379 e. The van der Waals surface area contributed by atoms with Crippen molar-refractivity contribution in [2.45, 2.75) is 19.0 Å². The van der Waals surface area contributed by atoms with E-state index in [0.29, 0.717) is 25.2 Å². The molecule has 2 heterocycles. The zero-order chi connectivity index (χ0) is 13.3. The number of likely N-dealkylation sites (N-methyl/N-ethyl adjacent to an activating group) is 2. The lowest BCUT2D eigenvalue weighted by Crippen LogP contribution is -2.44. The number of carbonyl (C=O) groups is 1. The largest absolute Gasteiger partial charge is 0.379 e. The molecule has 0 saturated carbocycles. The van der Waals surface area contributed by atoms with Crippen LogP contribution in [0.4, 0.5) is 0 Å². The van der Waals surface area contributed by atoms with E-state index in [1.54, 1.807) is 0 Å². The van der Waals surface area contributed by atoms with Crippen molar-refractivity contribution in [1.82, 2.24) is 15.1 Å². The fourth-order valence-corrected chi connectivity index (χ4v) is 3.12. The second-order valence-electron chi connectivity index (χ2n) is 5.79. The third-order valence-corrected chi connectivity index (χ3v) is 4.32. The van der Waals surface area contributed by atoms with E-state index >= 15 is 0 Å². The average molecular weight is 255 g/mol. The van der Waals surface area contributed by atoms with Crippen molar-refractivity contribution in [3.8, 4) is 0 Å². The molecule has 4 atom stereocenters. The van der Waals surface area contributed by atoms with Crippen LogP contribution in [0.5, 0.6) is 0 Å². The molecule has 2 saturated heterocycles. The minimum absolute atomic E-state index is 0.0110. The van der Waals surface area contributed by atoms with Crippen molar-refractivity contribution in [3.05, 3.63) is 0 Å². The van der Waals surface area contributed by atoms with E-state index in [1.807, 2.05) is 11.9 Å².